The van der Waals surface area contributed by atoms with Gasteiger partial charge in [0.05, 0.1) is 26.1 Å². The molecule has 2 aromatic heterocycles. The Morgan fingerprint density at radius 1 is 0.475 bits per heavy atom. The third kappa shape index (κ3) is 8.46. The largest absolute Gasteiger partial charge is 0.399 e. The normalized spacial score (nSPS) is 19.7. The molecule has 6 aromatic rings. The van der Waals surface area contributed by atoms with Crippen LogP contribution in [0, 0.1) is 0 Å². The van der Waals surface area contributed by atoms with Crippen molar-refractivity contribution < 1.29 is 38.9 Å². The summed E-state index contributed by atoms with van der Waals surface area (Å²) in [5.41, 5.74) is 20.9. The molecule has 14 nitrogen and oxygen atoms in total. The fourth-order valence-corrected chi connectivity index (χ4v) is 8.68. The third-order valence-electron chi connectivity index (χ3n) is 10.1. The van der Waals surface area contributed by atoms with Crippen LogP contribution in [0.5, 0.6) is 0 Å². The molecule has 308 valence electrons. The first kappa shape index (κ1) is 40.9. The minimum absolute atomic E-state index is 0.276. The number of nitrogens with zero attached hydrogens (tertiary/aromatic N) is 1. The van der Waals surface area contributed by atoms with E-state index in [2.05, 4.69) is 9.97 Å². The van der Waals surface area contributed by atoms with Gasteiger partial charge in [-0.05, 0) is 125 Å². The lowest BCUT2D eigenvalue weighted by Gasteiger charge is -2.12. The van der Waals surface area contributed by atoms with Crippen LogP contribution in [0.25, 0.3) is 22.3 Å². The highest BCUT2D eigenvalue weighted by atomic mass is 32.2. The van der Waals surface area contributed by atoms with Crippen LogP contribution >= 0.6 is 0 Å². The minimum Gasteiger partial charge on any atom is -0.399 e. The number of fused-ring (bicyclic) bond motifs is 5. The maximum Gasteiger partial charge on any atom is 0.294 e. The van der Waals surface area contributed by atoms with Crippen molar-refractivity contribution in [3.05, 3.63) is 201 Å². The number of nitrogens with one attached hydrogen (secondary N) is 2. The molecule has 4 heterocycles. The van der Waals surface area contributed by atoms with Gasteiger partial charge in [-0.15, -0.1) is 0 Å². The quantitative estimate of drug-likeness (QED) is 0.0809. The molecule has 0 spiro atoms. The Hall–Kier alpha value is -6.86. The third-order valence-corrected chi connectivity index (χ3v) is 12.8. The molecule has 6 bridgehead atoms. The lowest BCUT2D eigenvalue weighted by molar-refractivity contribution is 0.481. The molecule has 0 amide bonds. The van der Waals surface area contributed by atoms with Gasteiger partial charge in [0.1, 0.15) is 0 Å². The van der Waals surface area contributed by atoms with Gasteiger partial charge in [0.2, 0.25) is 0 Å². The molecule has 0 atom stereocenters. The van der Waals surface area contributed by atoms with Crippen LogP contribution in [0.3, 0.4) is 0 Å². The number of hydrogen-bond donors (Lipinski definition) is 7. The average molecular weight is 874 g/mol. The highest BCUT2D eigenvalue weighted by Crippen LogP contribution is 2.35. The second kappa shape index (κ2) is 15.6. The number of nitrogens with two attached hydrogens (primary N) is 2. The zero-order valence-electron chi connectivity index (χ0n) is 31.7. The van der Waals surface area contributed by atoms with Gasteiger partial charge in [-0.3, -0.25) is 13.7 Å². The van der Waals surface area contributed by atoms with Crippen molar-refractivity contribution in [3.8, 4) is 0 Å². The highest BCUT2D eigenvalue weighted by Gasteiger charge is 2.22. The van der Waals surface area contributed by atoms with Gasteiger partial charge >= 0.3 is 0 Å². The van der Waals surface area contributed by atoms with Crippen LogP contribution in [0.4, 0.5) is 5.69 Å². The van der Waals surface area contributed by atoms with E-state index in [0.717, 1.165) is 11.1 Å². The molecule has 8 rings (SSSR count). The molecular formula is C44H35N5O9S3. The lowest BCUT2D eigenvalue weighted by atomic mass is 9.99. The van der Waals surface area contributed by atoms with Crippen LogP contribution in [0.15, 0.2) is 177 Å². The first-order chi connectivity index (χ1) is 28.9. The summed E-state index contributed by atoms with van der Waals surface area (Å²) in [7, 11) is -13.5. The summed E-state index contributed by atoms with van der Waals surface area (Å²) in [6.07, 6.45) is 7.46. The molecule has 2 aliphatic heterocycles. The van der Waals surface area contributed by atoms with Gasteiger partial charge in [0.25, 0.3) is 30.4 Å². The van der Waals surface area contributed by atoms with Gasteiger partial charge in [-0.25, -0.2) is 4.99 Å². The minimum atomic E-state index is -4.51. The van der Waals surface area contributed by atoms with E-state index < -0.39 is 30.4 Å². The van der Waals surface area contributed by atoms with E-state index in [1.54, 1.807) is 66.8 Å². The summed E-state index contributed by atoms with van der Waals surface area (Å²) >= 11 is 0. The van der Waals surface area contributed by atoms with E-state index in [0.29, 0.717) is 78.3 Å². The number of anilines is 1. The number of allylic oxidation sites excluding steroid dienone is 4. The lowest BCUT2D eigenvalue weighted by Crippen LogP contribution is -2.19. The summed E-state index contributed by atoms with van der Waals surface area (Å²) in [5.74, 6) is 0. The monoisotopic (exact) mass is 873 g/mol. The zero-order valence-corrected chi connectivity index (χ0v) is 34.1. The van der Waals surface area contributed by atoms with E-state index in [-0.39, 0.29) is 21.1 Å². The van der Waals surface area contributed by atoms with Crippen LogP contribution in [0.1, 0.15) is 40.1 Å². The summed E-state index contributed by atoms with van der Waals surface area (Å²) < 4.78 is 101. The molecule has 0 fully saturated rings. The summed E-state index contributed by atoms with van der Waals surface area (Å²) in [4.78, 5) is 11.2. The zero-order chi connectivity index (χ0) is 43.3. The van der Waals surface area contributed by atoms with E-state index >= 15 is 0 Å². The van der Waals surface area contributed by atoms with Crippen molar-refractivity contribution in [2.45, 2.75) is 21.1 Å². The van der Waals surface area contributed by atoms with Crippen molar-refractivity contribution in [2.75, 3.05) is 5.73 Å². The number of aromatic amines is 2. The Morgan fingerprint density at radius 2 is 0.934 bits per heavy atom. The van der Waals surface area contributed by atoms with E-state index in [1.807, 2.05) is 42.5 Å². The van der Waals surface area contributed by atoms with Gasteiger partial charge in [-0.2, -0.15) is 25.3 Å². The van der Waals surface area contributed by atoms with E-state index in [1.165, 1.54) is 36.4 Å². The molecule has 17 heteroatoms. The standard InChI is InChI=1S/C44H35N5O9S3/c45-30-12-4-27(5-13-30)42-35(46)3-1-2-34(26-6-14-31(15-7-26)59(50,51)52)36-20-21-38(47-36)43(28-8-16-32(17-9-28)60(53,54)55)40-24-25-41(49-40)44(39-23-22-37(42)48-39)29-10-18-33(19-11-29)61(56,57)58/h1,3-25,47-48H,2,45-46H2,(H,50,51,52)(H,53,54,55)(H,56,57,58)/b3-1-,36-34+,42-35-,43-38-,44-41-. The smallest absolute Gasteiger partial charge is 0.294 e. The average Bonchev–Trinajstić information content (AvgIpc) is 4.00. The van der Waals surface area contributed by atoms with Crippen LogP contribution in [0.2, 0.25) is 0 Å². The number of aromatic nitrogens is 2. The number of nitrogen functional groups attached to an aromatic ring is 1. The molecule has 4 aromatic carbocycles. The van der Waals surface area contributed by atoms with Crippen LogP contribution in [-0.2, 0) is 30.4 Å². The number of benzene rings is 4. The number of rotatable bonds is 7. The summed E-state index contributed by atoms with van der Waals surface area (Å²) in [5, 5.41) is 1.19. The predicted molar refractivity (Wildman–Crippen MR) is 232 cm³/mol. The van der Waals surface area contributed by atoms with Crippen molar-refractivity contribution in [3.63, 3.8) is 0 Å². The second-order valence-electron chi connectivity index (χ2n) is 14.1. The van der Waals surface area contributed by atoms with Crippen molar-refractivity contribution >= 4 is 64.0 Å². The number of H-pyrrole nitrogens is 2. The fraction of sp³-hybridized carbons (Fsp3) is 0.0227. The Kier molecular flexibility index (Phi) is 10.5. The van der Waals surface area contributed by atoms with Crippen molar-refractivity contribution in [1.82, 2.24) is 9.97 Å². The molecule has 0 aliphatic carbocycles. The van der Waals surface area contributed by atoms with E-state index in [4.69, 9.17) is 16.5 Å². The Labute approximate surface area is 350 Å². The summed E-state index contributed by atoms with van der Waals surface area (Å²) in [6, 6.07) is 31.6. The molecule has 0 radical (unpaired) electrons. The fourth-order valence-electron chi connectivity index (χ4n) is 7.24. The first-order valence-electron chi connectivity index (χ1n) is 18.3. The second-order valence-corrected chi connectivity index (χ2v) is 18.3. The van der Waals surface area contributed by atoms with Crippen LogP contribution in [-0.4, -0.2) is 54.6 Å². The predicted octanol–water partition coefficient (Wildman–Crippen LogP) is 5.21. The molecule has 9 N–H and O–H groups in total. The van der Waals surface area contributed by atoms with Crippen LogP contribution < -0.4 is 22.2 Å². The summed E-state index contributed by atoms with van der Waals surface area (Å²) in [6.45, 7) is 0. The first-order valence-corrected chi connectivity index (χ1v) is 22.7. The van der Waals surface area contributed by atoms with Gasteiger partial charge in [0.15, 0.2) is 0 Å². The van der Waals surface area contributed by atoms with Gasteiger partial charge < -0.3 is 21.4 Å². The molecular weight excluding hydrogens is 839 g/mol. The van der Waals surface area contributed by atoms with E-state index in [9.17, 15) is 38.9 Å². The topological polar surface area (TPSA) is 259 Å². The Bertz CT molecular complexity index is 3380. The number of aliphatic imine (C=N–C) groups is 1. The number of hydrogen-bond acceptors (Lipinski definition) is 9. The maximum absolute atomic E-state index is 12.0. The molecule has 61 heavy (non-hydrogen) atoms. The molecule has 0 saturated heterocycles. The Morgan fingerprint density at radius 3 is 1.48 bits per heavy atom. The highest BCUT2D eigenvalue weighted by molar-refractivity contribution is 7.86. The van der Waals surface area contributed by atoms with Crippen molar-refractivity contribution in [2.24, 2.45) is 10.7 Å². The van der Waals surface area contributed by atoms with Gasteiger partial charge in [-0.1, -0.05) is 54.6 Å². The SMILES string of the molecule is NC1=C(/c2ccc(N)cc2)c2ccc([nH]2)/C(c2ccc(S(=O)(=O)O)cc2)=C2/C=CC(=N2)/C(c2ccc(S(=O)(=O)O)cc2)=c2/cc/c([nH]2)=C(\c2ccc(S(=O)(=O)O)cc2)C/C=C\1. The molecule has 2 aliphatic rings. The van der Waals surface area contributed by atoms with Crippen molar-refractivity contribution in [1.29, 1.82) is 0 Å². The maximum atomic E-state index is 12.0. The molecule has 0 unspecified atom stereocenters. The van der Waals surface area contributed by atoms with Gasteiger partial charge in [0, 0.05) is 50.2 Å². The molecule has 0 saturated carbocycles. The Balaban J connectivity index is 1.44.